The normalized spacial score (nSPS) is 11.8. The van der Waals surface area contributed by atoms with Crippen molar-refractivity contribution in [3.8, 4) is 16.9 Å². The molecule has 0 radical (unpaired) electrons. The molecule has 34 heavy (non-hydrogen) atoms. The molecule has 0 unspecified atom stereocenters. The average molecular weight is 471 g/mol. The van der Waals surface area contributed by atoms with Crippen LogP contribution >= 0.6 is 0 Å². The Kier molecular flexibility index (Phi) is 5.03. The summed E-state index contributed by atoms with van der Waals surface area (Å²) < 4.78 is 70.7. The lowest BCUT2D eigenvalue weighted by atomic mass is 10.0. The summed E-state index contributed by atoms with van der Waals surface area (Å²) in [6.45, 7) is 0. The quantitative estimate of drug-likeness (QED) is 0.306. The van der Waals surface area contributed by atoms with Gasteiger partial charge in [0.05, 0.1) is 5.52 Å². The van der Waals surface area contributed by atoms with E-state index in [4.69, 9.17) is 0 Å². The third-order valence-corrected chi connectivity index (χ3v) is 5.25. The van der Waals surface area contributed by atoms with E-state index in [9.17, 15) is 22.0 Å². The molecule has 0 amide bonds. The van der Waals surface area contributed by atoms with Gasteiger partial charge in [0.15, 0.2) is 11.6 Å². The van der Waals surface area contributed by atoms with Crippen LogP contribution in [0.1, 0.15) is 0 Å². The van der Waals surface area contributed by atoms with Crippen molar-refractivity contribution in [2.45, 2.75) is 6.36 Å². The van der Waals surface area contributed by atoms with Crippen molar-refractivity contribution in [2.24, 2.45) is 0 Å². The van der Waals surface area contributed by atoms with E-state index in [1.54, 1.807) is 36.2 Å². The van der Waals surface area contributed by atoms with Gasteiger partial charge in [-0.1, -0.05) is 24.3 Å². The Bertz CT molecular complexity index is 1510. The molecule has 2 aromatic heterocycles. The van der Waals surface area contributed by atoms with Crippen LogP contribution in [0.4, 0.5) is 33.5 Å². The zero-order chi connectivity index (χ0) is 24.0. The fraction of sp³-hybridized carbons (Fsp3) is 0.0870. The Labute approximate surface area is 188 Å². The number of hydrogen-bond acceptors (Lipinski definition) is 5. The van der Waals surface area contributed by atoms with E-state index in [1.807, 2.05) is 0 Å². The molecule has 0 saturated carbocycles. The highest BCUT2D eigenvalue weighted by molar-refractivity contribution is 5.93. The molecule has 0 spiro atoms. The summed E-state index contributed by atoms with van der Waals surface area (Å²) in [5.41, 5.74) is 2.36. The van der Waals surface area contributed by atoms with Gasteiger partial charge in [0.25, 0.3) is 5.78 Å². The lowest BCUT2D eigenvalue weighted by Gasteiger charge is -2.21. The minimum absolute atomic E-state index is 0.205. The predicted molar refractivity (Wildman–Crippen MR) is 115 cm³/mol. The first-order valence-corrected chi connectivity index (χ1v) is 9.88. The number of anilines is 2. The topological polar surface area (TPSA) is 55.5 Å². The average Bonchev–Trinajstić information content (AvgIpc) is 3.27. The van der Waals surface area contributed by atoms with Crippen LogP contribution in [0.5, 0.6) is 5.75 Å². The van der Waals surface area contributed by atoms with Crippen molar-refractivity contribution in [1.82, 2.24) is 19.6 Å². The number of benzene rings is 3. The van der Waals surface area contributed by atoms with Gasteiger partial charge < -0.3 is 9.64 Å². The van der Waals surface area contributed by atoms with Gasteiger partial charge in [0.2, 0.25) is 0 Å². The number of fused-ring (bicyclic) bond motifs is 3. The summed E-state index contributed by atoms with van der Waals surface area (Å²) in [6.07, 6.45) is -3.41. The lowest BCUT2D eigenvalue weighted by Crippen LogP contribution is -2.16. The Morgan fingerprint density at radius 2 is 1.65 bits per heavy atom. The molecule has 0 bridgehead atoms. The number of alkyl halides is 3. The zero-order valence-corrected chi connectivity index (χ0v) is 17.4. The Morgan fingerprint density at radius 3 is 2.38 bits per heavy atom. The smallest absolute Gasteiger partial charge is 0.406 e. The maximum atomic E-state index is 14.1. The molecule has 0 N–H and O–H groups in total. The van der Waals surface area contributed by atoms with Crippen LogP contribution in [0.25, 0.3) is 27.8 Å². The SMILES string of the molecule is CN(c1cccc(-c2ccc(OC(F)(F)F)cc2)c1)c1nc2nncn2c2cc(F)c(F)cc12. The molecule has 0 aliphatic heterocycles. The van der Waals surface area contributed by atoms with Crippen LogP contribution in [0.2, 0.25) is 0 Å². The molecule has 0 saturated heterocycles. The monoisotopic (exact) mass is 471 g/mol. The number of aromatic nitrogens is 4. The number of hydrogen-bond donors (Lipinski definition) is 0. The highest BCUT2D eigenvalue weighted by Crippen LogP contribution is 2.34. The molecular formula is C23H14F5N5O. The van der Waals surface area contributed by atoms with E-state index in [2.05, 4.69) is 19.9 Å². The molecule has 6 nitrogen and oxygen atoms in total. The molecule has 0 aliphatic carbocycles. The van der Waals surface area contributed by atoms with Crippen molar-refractivity contribution < 1.29 is 26.7 Å². The first-order valence-electron chi connectivity index (χ1n) is 9.88. The van der Waals surface area contributed by atoms with E-state index in [1.165, 1.54) is 35.0 Å². The molecule has 3 aromatic carbocycles. The van der Waals surface area contributed by atoms with Crippen LogP contribution in [-0.4, -0.2) is 33.0 Å². The second-order valence-corrected chi connectivity index (χ2v) is 7.40. The summed E-state index contributed by atoms with van der Waals surface area (Å²) in [5.74, 6) is -1.83. The van der Waals surface area contributed by atoms with Gasteiger partial charge >= 0.3 is 6.36 Å². The van der Waals surface area contributed by atoms with Crippen LogP contribution in [0, 0.1) is 11.6 Å². The van der Waals surface area contributed by atoms with Crippen molar-refractivity contribution in [3.05, 3.63) is 78.6 Å². The summed E-state index contributed by atoms with van der Waals surface area (Å²) in [6, 6.07) is 14.7. The van der Waals surface area contributed by atoms with E-state index < -0.39 is 18.0 Å². The van der Waals surface area contributed by atoms with Gasteiger partial charge in [0, 0.05) is 24.2 Å². The molecule has 0 fully saturated rings. The van der Waals surface area contributed by atoms with E-state index in [0.717, 1.165) is 12.1 Å². The number of halogens is 5. The summed E-state index contributed by atoms with van der Waals surface area (Å²) in [5, 5.41) is 8.06. The summed E-state index contributed by atoms with van der Waals surface area (Å²) in [7, 11) is 1.70. The fourth-order valence-corrected chi connectivity index (χ4v) is 3.67. The fourth-order valence-electron chi connectivity index (χ4n) is 3.67. The van der Waals surface area contributed by atoms with Crippen LogP contribution in [0.15, 0.2) is 67.0 Å². The van der Waals surface area contributed by atoms with Crippen LogP contribution < -0.4 is 9.64 Å². The van der Waals surface area contributed by atoms with Gasteiger partial charge in [-0.15, -0.1) is 23.4 Å². The molecular weight excluding hydrogens is 457 g/mol. The number of nitrogens with zero attached hydrogens (tertiary/aromatic N) is 5. The molecule has 172 valence electrons. The van der Waals surface area contributed by atoms with Crippen molar-refractivity contribution in [3.63, 3.8) is 0 Å². The molecule has 2 heterocycles. The molecule has 0 aliphatic rings. The van der Waals surface area contributed by atoms with Crippen LogP contribution in [0.3, 0.4) is 0 Å². The molecule has 11 heteroatoms. The van der Waals surface area contributed by atoms with E-state index >= 15 is 0 Å². The van der Waals surface area contributed by atoms with Gasteiger partial charge in [-0.3, -0.25) is 4.40 Å². The second kappa shape index (κ2) is 7.94. The van der Waals surface area contributed by atoms with Gasteiger partial charge in [0.1, 0.15) is 17.9 Å². The third kappa shape index (κ3) is 3.96. The zero-order valence-electron chi connectivity index (χ0n) is 17.4. The standard InChI is InChI=1S/C23H14F5N5O/c1-32(21-17-10-18(24)19(25)11-20(17)33-12-29-31-22(33)30-21)15-4-2-3-14(9-15)13-5-7-16(8-6-13)34-23(26,27)28/h2-12H,1H3. The maximum Gasteiger partial charge on any atom is 0.573 e. The Hall–Kier alpha value is -4.28. The summed E-state index contributed by atoms with van der Waals surface area (Å²) in [4.78, 5) is 6.14. The number of rotatable bonds is 4. The minimum atomic E-state index is -4.77. The molecule has 5 rings (SSSR count). The van der Waals surface area contributed by atoms with Gasteiger partial charge in [-0.25, -0.2) is 8.78 Å². The highest BCUT2D eigenvalue weighted by Gasteiger charge is 2.31. The van der Waals surface area contributed by atoms with E-state index in [-0.39, 0.29) is 11.5 Å². The predicted octanol–water partition coefficient (Wildman–Crippen LogP) is 5.89. The summed E-state index contributed by atoms with van der Waals surface area (Å²) >= 11 is 0. The molecule has 0 atom stereocenters. The Morgan fingerprint density at radius 1 is 0.912 bits per heavy atom. The third-order valence-electron chi connectivity index (χ3n) is 5.25. The van der Waals surface area contributed by atoms with Crippen molar-refractivity contribution >= 4 is 28.2 Å². The van der Waals surface area contributed by atoms with Gasteiger partial charge in [-0.05, 0) is 41.5 Å². The highest BCUT2D eigenvalue weighted by atomic mass is 19.4. The van der Waals surface area contributed by atoms with Crippen molar-refractivity contribution in [1.29, 1.82) is 0 Å². The minimum Gasteiger partial charge on any atom is -0.406 e. The largest absolute Gasteiger partial charge is 0.573 e. The second-order valence-electron chi connectivity index (χ2n) is 7.40. The first kappa shape index (κ1) is 21.6. The Balaban J connectivity index is 1.55. The van der Waals surface area contributed by atoms with Crippen LogP contribution in [-0.2, 0) is 0 Å². The first-order chi connectivity index (χ1) is 16.2. The van der Waals surface area contributed by atoms with Crippen molar-refractivity contribution in [2.75, 3.05) is 11.9 Å². The van der Waals surface area contributed by atoms with Gasteiger partial charge in [-0.2, -0.15) is 4.98 Å². The molecule has 5 aromatic rings. The number of ether oxygens (including phenoxy) is 1. The van der Waals surface area contributed by atoms with E-state index in [0.29, 0.717) is 33.5 Å². The lowest BCUT2D eigenvalue weighted by molar-refractivity contribution is -0.274. The maximum absolute atomic E-state index is 14.1.